The number of pyridine rings is 1. The third-order valence-electron chi connectivity index (χ3n) is 3.67. The molecule has 2 N–H and O–H groups in total. The number of aromatic nitrogens is 2. The predicted octanol–water partition coefficient (Wildman–Crippen LogP) is 2.43. The number of carbonyl (C=O) groups is 2. The van der Waals surface area contributed by atoms with E-state index in [1.165, 1.54) is 6.08 Å². The molecule has 0 radical (unpaired) electrons. The summed E-state index contributed by atoms with van der Waals surface area (Å²) in [6.45, 7) is 0.319. The van der Waals surface area contributed by atoms with E-state index in [4.69, 9.17) is 11.6 Å². The van der Waals surface area contributed by atoms with Gasteiger partial charge in [-0.3, -0.25) is 14.0 Å². The zero-order valence-corrected chi connectivity index (χ0v) is 14.6. The Hall–Kier alpha value is -3.12. The van der Waals surface area contributed by atoms with Crippen molar-refractivity contribution in [3.05, 3.63) is 77.2 Å². The van der Waals surface area contributed by atoms with Crippen molar-refractivity contribution < 1.29 is 9.59 Å². The van der Waals surface area contributed by atoms with E-state index in [-0.39, 0.29) is 18.4 Å². The highest BCUT2D eigenvalue weighted by Gasteiger charge is 2.08. The van der Waals surface area contributed by atoms with Crippen LogP contribution in [-0.2, 0) is 16.1 Å². The minimum Gasteiger partial charge on any atom is -0.350 e. The molecule has 0 aliphatic rings. The van der Waals surface area contributed by atoms with Gasteiger partial charge in [0.25, 0.3) is 0 Å². The zero-order chi connectivity index (χ0) is 18.4. The molecule has 6 nitrogen and oxygen atoms in total. The minimum atomic E-state index is -0.387. The molecule has 0 atom stereocenters. The molecule has 26 heavy (non-hydrogen) atoms. The molecule has 2 amide bonds. The predicted molar refractivity (Wildman–Crippen MR) is 101 cm³/mol. The van der Waals surface area contributed by atoms with Gasteiger partial charge in [0, 0.05) is 18.8 Å². The number of hydrogen-bond donors (Lipinski definition) is 2. The van der Waals surface area contributed by atoms with Gasteiger partial charge in [0.05, 0.1) is 12.2 Å². The Balaban J connectivity index is 1.51. The van der Waals surface area contributed by atoms with E-state index >= 15 is 0 Å². The molecule has 0 spiro atoms. The molecular weight excluding hydrogens is 352 g/mol. The number of nitrogens with one attached hydrogen (secondary N) is 2. The number of amides is 2. The van der Waals surface area contributed by atoms with Crippen molar-refractivity contribution in [3.8, 4) is 0 Å². The van der Waals surface area contributed by atoms with Gasteiger partial charge in [0.1, 0.15) is 5.65 Å². The highest BCUT2D eigenvalue weighted by molar-refractivity contribution is 6.31. The highest BCUT2D eigenvalue weighted by atomic mass is 35.5. The van der Waals surface area contributed by atoms with Crippen LogP contribution >= 0.6 is 11.6 Å². The number of carbonyl (C=O) groups excluding carboxylic acids is 2. The van der Waals surface area contributed by atoms with Crippen molar-refractivity contribution in [3.63, 3.8) is 0 Å². The molecule has 0 unspecified atom stereocenters. The van der Waals surface area contributed by atoms with Gasteiger partial charge in [0.15, 0.2) is 5.15 Å². The number of fused-ring (bicyclic) bond motifs is 1. The van der Waals surface area contributed by atoms with Gasteiger partial charge in [-0.05, 0) is 23.8 Å². The molecule has 7 heteroatoms. The van der Waals surface area contributed by atoms with E-state index in [2.05, 4.69) is 15.6 Å². The van der Waals surface area contributed by atoms with E-state index in [0.717, 1.165) is 5.56 Å². The topological polar surface area (TPSA) is 75.5 Å². The van der Waals surface area contributed by atoms with Crippen LogP contribution in [0.2, 0.25) is 5.15 Å². The van der Waals surface area contributed by atoms with E-state index in [9.17, 15) is 9.59 Å². The fraction of sp³-hybridized carbons (Fsp3) is 0.105. The number of imidazole rings is 1. The van der Waals surface area contributed by atoms with Crippen molar-refractivity contribution in [1.82, 2.24) is 20.0 Å². The van der Waals surface area contributed by atoms with E-state index in [0.29, 0.717) is 23.0 Å². The van der Waals surface area contributed by atoms with Gasteiger partial charge in [0.2, 0.25) is 11.8 Å². The molecule has 2 aromatic heterocycles. The van der Waals surface area contributed by atoms with Crippen LogP contribution < -0.4 is 10.6 Å². The Morgan fingerprint density at radius 1 is 1.08 bits per heavy atom. The largest absolute Gasteiger partial charge is 0.350 e. The summed E-state index contributed by atoms with van der Waals surface area (Å²) in [6, 6.07) is 15.1. The molecule has 132 valence electrons. The Labute approximate surface area is 155 Å². The Morgan fingerprint density at radius 2 is 1.85 bits per heavy atom. The molecule has 0 fully saturated rings. The van der Waals surface area contributed by atoms with Crippen LogP contribution in [0.1, 0.15) is 11.3 Å². The summed E-state index contributed by atoms with van der Waals surface area (Å²) in [5.74, 6) is -0.648. The first-order valence-electron chi connectivity index (χ1n) is 8.02. The normalized spacial score (nSPS) is 11.0. The standard InChI is InChI=1S/C19H17ClN4O2/c20-19-15(24-11-5-4-8-16(24)23-19)9-10-17(25)22-13-18(26)21-12-14-6-2-1-3-7-14/h1-11H,12-13H2,(H,21,26)(H,22,25)/b10-9+. The zero-order valence-electron chi connectivity index (χ0n) is 13.9. The van der Waals surface area contributed by atoms with Crippen molar-refractivity contribution >= 4 is 35.1 Å². The van der Waals surface area contributed by atoms with Crippen molar-refractivity contribution in [2.45, 2.75) is 6.54 Å². The molecule has 0 saturated heterocycles. The van der Waals surface area contributed by atoms with Gasteiger partial charge in [-0.2, -0.15) is 0 Å². The van der Waals surface area contributed by atoms with E-state index in [1.54, 1.807) is 10.5 Å². The third-order valence-corrected chi connectivity index (χ3v) is 3.95. The van der Waals surface area contributed by atoms with Crippen LogP contribution in [0.15, 0.2) is 60.8 Å². The SMILES string of the molecule is O=C(/C=C/c1c(Cl)nc2ccccn12)NCC(=O)NCc1ccccc1. The van der Waals surface area contributed by atoms with Crippen LogP contribution in [0, 0.1) is 0 Å². The molecule has 1 aromatic carbocycles. The second kappa shape index (κ2) is 8.31. The molecule has 0 aliphatic carbocycles. The lowest BCUT2D eigenvalue weighted by molar-refractivity contribution is -0.124. The lowest BCUT2D eigenvalue weighted by atomic mass is 10.2. The Morgan fingerprint density at radius 3 is 2.65 bits per heavy atom. The monoisotopic (exact) mass is 368 g/mol. The lowest BCUT2D eigenvalue weighted by Crippen LogP contribution is -2.35. The summed E-state index contributed by atoms with van der Waals surface area (Å²) in [4.78, 5) is 27.9. The first-order chi connectivity index (χ1) is 12.6. The van der Waals surface area contributed by atoms with Crippen LogP contribution in [0.3, 0.4) is 0 Å². The van der Waals surface area contributed by atoms with Crippen molar-refractivity contribution in [2.75, 3.05) is 6.54 Å². The average molecular weight is 369 g/mol. The maximum Gasteiger partial charge on any atom is 0.244 e. The Kier molecular flexibility index (Phi) is 5.66. The van der Waals surface area contributed by atoms with Crippen LogP contribution in [0.25, 0.3) is 11.7 Å². The molecule has 0 saturated carbocycles. The summed E-state index contributed by atoms with van der Waals surface area (Å²) in [6.07, 6.45) is 4.70. The van der Waals surface area contributed by atoms with Crippen LogP contribution in [0.5, 0.6) is 0 Å². The fourth-order valence-electron chi connectivity index (χ4n) is 2.38. The Bertz CT molecular complexity index is 951. The number of halogens is 1. The quantitative estimate of drug-likeness (QED) is 0.656. The van der Waals surface area contributed by atoms with Crippen molar-refractivity contribution in [1.29, 1.82) is 0 Å². The average Bonchev–Trinajstić information content (AvgIpc) is 2.99. The van der Waals surface area contributed by atoms with Gasteiger partial charge in [-0.1, -0.05) is 48.0 Å². The highest BCUT2D eigenvalue weighted by Crippen LogP contribution is 2.18. The summed E-state index contributed by atoms with van der Waals surface area (Å²) in [7, 11) is 0. The van der Waals surface area contributed by atoms with Crippen LogP contribution in [-0.4, -0.2) is 27.7 Å². The molecular formula is C19H17ClN4O2. The summed E-state index contributed by atoms with van der Waals surface area (Å²) in [5, 5.41) is 5.59. The minimum absolute atomic E-state index is 0.100. The third kappa shape index (κ3) is 4.49. The first-order valence-corrected chi connectivity index (χ1v) is 8.40. The molecule has 2 heterocycles. The van der Waals surface area contributed by atoms with Gasteiger partial charge < -0.3 is 10.6 Å². The maximum atomic E-state index is 11.9. The summed E-state index contributed by atoms with van der Waals surface area (Å²) >= 11 is 6.10. The number of nitrogens with zero attached hydrogens (tertiary/aromatic N) is 2. The van der Waals surface area contributed by atoms with Gasteiger partial charge >= 0.3 is 0 Å². The summed E-state index contributed by atoms with van der Waals surface area (Å²) < 4.78 is 1.78. The summed E-state index contributed by atoms with van der Waals surface area (Å²) in [5.41, 5.74) is 2.29. The lowest BCUT2D eigenvalue weighted by Gasteiger charge is -2.05. The second-order valence-corrected chi connectivity index (χ2v) is 5.89. The maximum absolute atomic E-state index is 11.9. The van der Waals surface area contributed by atoms with E-state index < -0.39 is 0 Å². The smallest absolute Gasteiger partial charge is 0.244 e. The first kappa shape index (κ1) is 17.7. The van der Waals surface area contributed by atoms with E-state index in [1.807, 2.05) is 54.7 Å². The number of hydrogen-bond acceptors (Lipinski definition) is 3. The molecule has 3 rings (SSSR count). The molecule has 0 bridgehead atoms. The number of rotatable bonds is 6. The fourth-order valence-corrected chi connectivity index (χ4v) is 2.62. The second-order valence-electron chi connectivity index (χ2n) is 5.53. The molecule has 3 aromatic rings. The van der Waals surface area contributed by atoms with Gasteiger partial charge in [-0.15, -0.1) is 0 Å². The number of benzene rings is 1. The van der Waals surface area contributed by atoms with Crippen LogP contribution in [0.4, 0.5) is 0 Å². The van der Waals surface area contributed by atoms with Gasteiger partial charge in [-0.25, -0.2) is 4.98 Å². The van der Waals surface area contributed by atoms with Crippen molar-refractivity contribution in [2.24, 2.45) is 0 Å². The molecule has 0 aliphatic heterocycles.